The highest BCUT2D eigenvalue weighted by atomic mass is 32.1. The van der Waals surface area contributed by atoms with Crippen molar-refractivity contribution in [3.63, 3.8) is 0 Å². The number of nitrogens with zero attached hydrogens (tertiary/aromatic N) is 7. The molecule has 132 valence electrons. The molecule has 25 heavy (non-hydrogen) atoms. The molecular weight excluding hydrogens is 338 g/mol. The maximum atomic E-state index is 5.54. The van der Waals surface area contributed by atoms with Crippen LogP contribution in [0.15, 0.2) is 29.1 Å². The van der Waals surface area contributed by atoms with Crippen molar-refractivity contribution in [3.05, 3.63) is 35.3 Å². The Morgan fingerprint density at radius 3 is 2.72 bits per heavy atom. The minimum absolute atomic E-state index is 0.471. The van der Waals surface area contributed by atoms with Crippen LogP contribution in [0, 0.1) is 4.77 Å². The van der Waals surface area contributed by atoms with Gasteiger partial charge in [0.15, 0.2) is 16.4 Å². The second kappa shape index (κ2) is 6.57. The van der Waals surface area contributed by atoms with Gasteiger partial charge in [-0.1, -0.05) is 0 Å². The van der Waals surface area contributed by atoms with Gasteiger partial charge in [-0.3, -0.25) is 4.90 Å². The Labute approximate surface area is 150 Å². The summed E-state index contributed by atoms with van der Waals surface area (Å²) in [4.78, 5) is 2.38. The van der Waals surface area contributed by atoms with Crippen molar-refractivity contribution >= 4 is 12.2 Å². The van der Waals surface area contributed by atoms with Gasteiger partial charge in [-0.05, 0) is 37.2 Å². The summed E-state index contributed by atoms with van der Waals surface area (Å²) >= 11 is 5.54. The highest BCUT2D eigenvalue weighted by Crippen LogP contribution is 2.26. The Kier molecular flexibility index (Phi) is 4.26. The van der Waals surface area contributed by atoms with Crippen LogP contribution >= 0.6 is 12.2 Å². The zero-order valence-corrected chi connectivity index (χ0v) is 15.2. The van der Waals surface area contributed by atoms with Crippen LogP contribution < -0.4 is 0 Å². The molecule has 3 aromatic heterocycles. The first-order valence-electron chi connectivity index (χ1n) is 8.37. The fourth-order valence-corrected chi connectivity index (χ4v) is 3.57. The smallest absolute Gasteiger partial charge is 0.199 e. The number of aryl methyl sites for hydroxylation is 1. The second-order valence-corrected chi connectivity index (χ2v) is 6.84. The number of piperidine rings is 1. The number of likely N-dealkylation sites (tertiary alicyclic amines) is 1. The van der Waals surface area contributed by atoms with Gasteiger partial charge >= 0.3 is 0 Å². The predicted octanol–water partition coefficient (Wildman–Crippen LogP) is 2.18. The lowest BCUT2D eigenvalue weighted by Crippen LogP contribution is -2.35. The van der Waals surface area contributed by atoms with Gasteiger partial charge in [-0.15, -0.1) is 15.3 Å². The molecule has 0 aliphatic carbocycles. The Balaban J connectivity index is 1.45. The summed E-state index contributed by atoms with van der Waals surface area (Å²) < 4.78 is 11.9. The average Bonchev–Trinajstić information content (AvgIpc) is 3.34. The molecule has 0 saturated carbocycles. The highest BCUT2D eigenvalue weighted by molar-refractivity contribution is 7.71. The number of aromatic nitrogens is 6. The zero-order valence-electron chi connectivity index (χ0n) is 14.4. The maximum Gasteiger partial charge on any atom is 0.199 e. The summed E-state index contributed by atoms with van der Waals surface area (Å²) in [5, 5.41) is 12.9. The SMILES string of the molecule is Cn1cnnc1C1CCN(Cn2nc(-c3ccco3)n(C)c2=S)CC1. The molecule has 4 heterocycles. The van der Waals surface area contributed by atoms with E-state index in [4.69, 9.17) is 16.6 Å². The molecule has 0 radical (unpaired) electrons. The lowest BCUT2D eigenvalue weighted by atomic mass is 9.96. The van der Waals surface area contributed by atoms with Crippen LogP contribution in [0.1, 0.15) is 24.6 Å². The quantitative estimate of drug-likeness (QED) is 0.665. The van der Waals surface area contributed by atoms with E-state index in [1.54, 1.807) is 12.6 Å². The average molecular weight is 359 g/mol. The van der Waals surface area contributed by atoms with Crippen LogP contribution in [0.3, 0.4) is 0 Å². The molecule has 0 spiro atoms. The number of furan rings is 1. The molecule has 0 bridgehead atoms. The molecule has 1 fully saturated rings. The van der Waals surface area contributed by atoms with E-state index in [0.717, 1.165) is 43.3 Å². The van der Waals surface area contributed by atoms with Crippen molar-refractivity contribution in [2.75, 3.05) is 13.1 Å². The standard InChI is InChI=1S/C16H21N7OS/c1-20-10-17-18-14(20)12-5-7-22(8-6-12)11-23-16(25)21(2)15(19-23)13-4-3-9-24-13/h3-4,9-10,12H,5-8,11H2,1-2H3. The summed E-state index contributed by atoms with van der Waals surface area (Å²) in [6.45, 7) is 2.68. The Hall–Kier alpha value is -2.26. The van der Waals surface area contributed by atoms with Crippen molar-refractivity contribution in [1.29, 1.82) is 0 Å². The second-order valence-electron chi connectivity index (χ2n) is 6.48. The molecule has 0 amide bonds. The van der Waals surface area contributed by atoms with Crippen molar-refractivity contribution in [1.82, 2.24) is 34.0 Å². The van der Waals surface area contributed by atoms with E-state index < -0.39 is 0 Å². The minimum atomic E-state index is 0.471. The van der Waals surface area contributed by atoms with Gasteiger partial charge in [0, 0.05) is 33.1 Å². The molecule has 8 nitrogen and oxygen atoms in total. The van der Waals surface area contributed by atoms with E-state index in [1.807, 2.05) is 40.0 Å². The van der Waals surface area contributed by atoms with Gasteiger partial charge in [-0.2, -0.15) is 0 Å². The Morgan fingerprint density at radius 2 is 2.08 bits per heavy atom. The van der Waals surface area contributed by atoms with E-state index >= 15 is 0 Å². The topological polar surface area (TPSA) is 69.8 Å². The van der Waals surface area contributed by atoms with E-state index in [-0.39, 0.29) is 0 Å². The molecule has 1 aliphatic heterocycles. The van der Waals surface area contributed by atoms with Gasteiger partial charge in [0.1, 0.15) is 12.2 Å². The first-order valence-corrected chi connectivity index (χ1v) is 8.78. The number of rotatable bonds is 4. The first kappa shape index (κ1) is 16.2. The van der Waals surface area contributed by atoms with Crippen LogP contribution in [0.5, 0.6) is 0 Å². The zero-order chi connectivity index (χ0) is 17.4. The molecule has 1 saturated heterocycles. The molecule has 0 aromatic carbocycles. The molecule has 0 N–H and O–H groups in total. The Bertz CT molecular complexity index is 899. The van der Waals surface area contributed by atoms with Crippen molar-refractivity contribution < 1.29 is 4.42 Å². The summed E-state index contributed by atoms with van der Waals surface area (Å²) in [5.41, 5.74) is 0. The first-order chi connectivity index (χ1) is 12.1. The summed E-state index contributed by atoms with van der Waals surface area (Å²) in [6, 6.07) is 3.75. The molecule has 1 aliphatic rings. The minimum Gasteiger partial charge on any atom is -0.461 e. The molecule has 3 aromatic rings. The monoisotopic (exact) mass is 359 g/mol. The van der Waals surface area contributed by atoms with Crippen molar-refractivity contribution in [3.8, 4) is 11.6 Å². The molecule has 0 atom stereocenters. The largest absolute Gasteiger partial charge is 0.461 e. The van der Waals surface area contributed by atoms with E-state index in [0.29, 0.717) is 17.4 Å². The van der Waals surface area contributed by atoms with Gasteiger partial charge < -0.3 is 13.6 Å². The third-order valence-corrected chi connectivity index (χ3v) is 5.30. The lowest BCUT2D eigenvalue weighted by molar-refractivity contribution is 0.157. The fourth-order valence-electron chi connectivity index (χ4n) is 3.38. The fraction of sp³-hybridized carbons (Fsp3) is 0.500. The van der Waals surface area contributed by atoms with E-state index in [9.17, 15) is 0 Å². The van der Waals surface area contributed by atoms with E-state index in [2.05, 4.69) is 20.2 Å². The molecule has 4 rings (SSSR count). The van der Waals surface area contributed by atoms with Crippen LogP contribution in [-0.4, -0.2) is 47.1 Å². The third-order valence-electron chi connectivity index (χ3n) is 4.82. The van der Waals surface area contributed by atoms with Crippen LogP contribution in [-0.2, 0) is 20.8 Å². The summed E-state index contributed by atoms with van der Waals surface area (Å²) in [7, 11) is 3.93. The molecule has 0 unspecified atom stereocenters. The molecule has 9 heteroatoms. The van der Waals surface area contributed by atoms with Gasteiger partial charge in [0.2, 0.25) is 0 Å². The highest BCUT2D eigenvalue weighted by Gasteiger charge is 2.24. The van der Waals surface area contributed by atoms with Crippen molar-refractivity contribution in [2.45, 2.75) is 25.4 Å². The third kappa shape index (κ3) is 3.05. The van der Waals surface area contributed by atoms with Gasteiger partial charge in [-0.25, -0.2) is 4.68 Å². The number of hydrogen-bond acceptors (Lipinski definition) is 6. The van der Waals surface area contributed by atoms with Crippen LogP contribution in [0.25, 0.3) is 11.6 Å². The van der Waals surface area contributed by atoms with Crippen LogP contribution in [0.2, 0.25) is 0 Å². The molecular formula is C16H21N7OS. The normalized spacial score (nSPS) is 16.6. The van der Waals surface area contributed by atoms with Crippen LogP contribution in [0.4, 0.5) is 0 Å². The summed E-state index contributed by atoms with van der Waals surface area (Å²) in [5.74, 6) is 3.03. The summed E-state index contributed by atoms with van der Waals surface area (Å²) in [6.07, 6.45) is 5.55. The van der Waals surface area contributed by atoms with Gasteiger partial charge in [0.05, 0.1) is 12.9 Å². The predicted molar refractivity (Wildman–Crippen MR) is 94.3 cm³/mol. The Morgan fingerprint density at radius 1 is 1.28 bits per heavy atom. The van der Waals surface area contributed by atoms with Crippen molar-refractivity contribution in [2.24, 2.45) is 14.1 Å². The maximum absolute atomic E-state index is 5.54. The van der Waals surface area contributed by atoms with E-state index in [1.165, 1.54) is 0 Å². The van der Waals surface area contributed by atoms with Gasteiger partial charge in [0.25, 0.3) is 0 Å². The number of hydrogen-bond donors (Lipinski definition) is 0. The lowest BCUT2D eigenvalue weighted by Gasteiger charge is -2.30.